The molecule has 2 heterocycles. The van der Waals surface area contributed by atoms with Crippen molar-refractivity contribution >= 4 is 23.7 Å². The van der Waals surface area contributed by atoms with Gasteiger partial charge >= 0.3 is 12.1 Å². The fraction of sp³-hybridized carbons (Fsp3) is 0.550. The first-order valence-corrected chi connectivity index (χ1v) is 9.57. The quantitative estimate of drug-likeness (QED) is 0.743. The molecule has 1 aromatic rings. The lowest BCUT2D eigenvalue weighted by Crippen LogP contribution is -2.53. The highest BCUT2D eigenvalue weighted by Gasteiger charge is 2.44. The number of imide groups is 1. The van der Waals surface area contributed by atoms with E-state index in [4.69, 9.17) is 4.74 Å². The number of nitrogens with zero attached hydrogens (tertiary/aromatic N) is 4. The summed E-state index contributed by atoms with van der Waals surface area (Å²) in [5.41, 5.74) is 0.185. The number of amides is 4. The molecule has 1 unspecified atom stereocenters. The van der Waals surface area contributed by atoms with Crippen LogP contribution in [0.5, 0.6) is 0 Å². The zero-order chi connectivity index (χ0) is 20.5. The van der Waals surface area contributed by atoms with Gasteiger partial charge in [-0.15, -0.1) is 0 Å². The number of carbonyl (C=O) groups is 3. The van der Waals surface area contributed by atoms with E-state index in [1.54, 1.807) is 11.8 Å². The molecule has 1 aromatic carbocycles. The predicted octanol–water partition coefficient (Wildman–Crippen LogP) is 2.35. The van der Waals surface area contributed by atoms with E-state index in [2.05, 4.69) is 0 Å². The minimum absolute atomic E-state index is 0.205. The van der Waals surface area contributed by atoms with Crippen LogP contribution in [0.4, 0.5) is 15.3 Å². The Balaban J connectivity index is 1.58. The Morgan fingerprint density at radius 3 is 2.25 bits per heavy atom. The Labute approximate surface area is 165 Å². The van der Waals surface area contributed by atoms with Gasteiger partial charge in [0.05, 0.1) is 6.67 Å². The third-order valence-corrected chi connectivity index (χ3v) is 4.85. The molecule has 4 amide bonds. The molecule has 2 fully saturated rings. The second-order valence-corrected chi connectivity index (χ2v) is 8.16. The molecule has 0 saturated carbocycles. The van der Waals surface area contributed by atoms with Gasteiger partial charge in [0.2, 0.25) is 0 Å². The molecular weight excluding hydrogens is 360 g/mol. The lowest BCUT2D eigenvalue weighted by Gasteiger charge is -2.36. The molecule has 2 saturated heterocycles. The minimum atomic E-state index is -0.530. The average molecular weight is 388 g/mol. The number of urea groups is 1. The molecule has 3 rings (SSSR count). The number of para-hydroxylation sites is 1. The van der Waals surface area contributed by atoms with Crippen molar-refractivity contribution in [2.45, 2.75) is 39.3 Å². The Morgan fingerprint density at radius 2 is 1.68 bits per heavy atom. The number of piperazine rings is 1. The third-order valence-electron chi connectivity index (χ3n) is 4.85. The minimum Gasteiger partial charge on any atom is -0.444 e. The summed E-state index contributed by atoms with van der Waals surface area (Å²) in [5, 5.41) is 0. The van der Waals surface area contributed by atoms with Gasteiger partial charge in [0, 0.05) is 31.9 Å². The Morgan fingerprint density at radius 1 is 1.07 bits per heavy atom. The molecule has 28 heavy (non-hydrogen) atoms. The van der Waals surface area contributed by atoms with Gasteiger partial charge in [-0.3, -0.25) is 14.6 Å². The zero-order valence-electron chi connectivity index (χ0n) is 16.9. The summed E-state index contributed by atoms with van der Waals surface area (Å²) < 4.78 is 5.40. The second-order valence-electron chi connectivity index (χ2n) is 8.16. The molecule has 0 aliphatic carbocycles. The second kappa shape index (κ2) is 7.79. The number of hydrogen-bond acceptors (Lipinski definition) is 5. The first-order chi connectivity index (χ1) is 13.2. The van der Waals surface area contributed by atoms with Gasteiger partial charge in [0.25, 0.3) is 5.91 Å². The summed E-state index contributed by atoms with van der Waals surface area (Å²) in [6.45, 7) is 9.65. The van der Waals surface area contributed by atoms with Crippen molar-refractivity contribution in [3.8, 4) is 0 Å². The fourth-order valence-corrected chi connectivity index (χ4v) is 3.38. The molecule has 8 nitrogen and oxygen atoms in total. The number of anilines is 1. The maximum absolute atomic E-state index is 12.8. The first-order valence-electron chi connectivity index (χ1n) is 9.57. The van der Waals surface area contributed by atoms with Gasteiger partial charge in [-0.1, -0.05) is 18.2 Å². The van der Waals surface area contributed by atoms with E-state index in [9.17, 15) is 14.4 Å². The van der Waals surface area contributed by atoms with E-state index in [1.165, 1.54) is 9.80 Å². The molecule has 1 atom stereocenters. The lowest BCUT2D eigenvalue weighted by atomic mass is 10.2. The van der Waals surface area contributed by atoms with Gasteiger partial charge in [-0.2, -0.15) is 0 Å². The van der Waals surface area contributed by atoms with Gasteiger partial charge in [0.15, 0.2) is 0 Å². The summed E-state index contributed by atoms with van der Waals surface area (Å²) in [7, 11) is 0. The largest absolute Gasteiger partial charge is 0.444 e. The van der Waals surface area contributed by atoms with Crippen LogP contribution in [0.25, 0.3) is 0 Å². The van der Waals surface area contributed by atoms with Crippen molar-refractivity contribution in [3.63, 3.8) is 0 Å². The topological polar surface area (TPSA) is 73.4 Å². The standard InChI is InChI=1S/C20H28N4O4/c1-15-17(25)23(18(26)24(15)16-8-6-5-7-9-16)14-21-10-12-22(13-11-21)19(27)28-20(2,3)4/h5-9,15H,10-14H2,1-4H3. The van der Waals surface area contributed by atoms with Crippen LogP contribution in [0.15, 0.2) is 30.3 Å². The molecule has 0 N–H and O–H groups in total. The van der Waals surface area contributed by atoms with Crippen molar-refractivity contribution in [2.75, 3.05) is 37.7 Å². The summed E-state index contributed by atoms with van der Waals surface area (Å²) in [6.07, 6.45) is -0.329. The third kappa shape index (κ3) is 4.27. The smallest absolute Gasteiger partial charge is 0.410 e. The molecule has 0 spiro atoms. The van der Waals surface area contributed by atoms with E-state index in [-0.39, 0.29) is 24.7 Å². The summed E-state index contributed by atoms with van der Waals surface area (Å²) in [4.78, 5) is 44.2. The normalized spacial score (nSPS) is 21.4. The average Bonchev–Trinajstić information content (AvgIpc) is 2.85. The van der Waals surface area contributed by atoms with E-state index < -0.39 is 11.6 Å². The summed E-state index contributed by atoms with van der Waals surface area (Å²) >= 11 is 0. The molecule has 2 aliphatic rings. The Hall–Kier alpha value is -2.61. The van der Waals surface area contributed by atoms with E-state index in [1.807, 2.05) is 56.0 Å². The van der Waals surface area contributed by atoms with Crippen LogP contribution >= 0.6 is 0 Å². The van der Waals surface area contributed by atoms with E-state index in [0.717, 1.165) is 0 Å². The molecule has 8 heteroatoms. The van der Waals surface area contributed by atoms with Crippen LogP contribution in [-0.4, -0.2) is 77.2 Å². The molecule has 152 valence electrons. The maximum atomic E-state index is 12.8. The van der Waals surface area contributed by atoms with Crippen LogP contribution in [0.2, 0.25) is 0 Å². The van der Waals surface area contributed by atoms with Crippen molar-refractivity contribution in [1.82, 2.24) is 14.7 Å². The van der Waals surface area contributed by atoms with Gasteiger partial charge in [-0.05, 0) is 39.8 Å². The number of rotatable bonds is 3. The number of carbonyl (C=O) groups excluding carboxylic acids is 3. The Bertz CT molecular complexity index is 738. The van der Waals surface area contributed by atoms with E-state index >= 15 is 0 Å². The zero-order valence-corrected chi connectivity index (χ0v) is 16.9. The Kier molecular flexibility index (Phi) is 5.60. The molecular formula is C20H28N4O4. The lowest BCUT2D eigenvalue weighted by molar-refractivity contribution is -0.128. The highest BCUT2D eigenvalue weighted by atomic mass is 16.6. The van der Waals surface area contributed by atoms with Crippen molar-refractivity contribution in [1.29, 1.82) is 0 Å². The maximum Gasteiger partial charge on any atom is 0.410 e. The van der Waals surface area contributed by atoms with Crippen LogP contribution < -0.4 is 4.90 Å². The van der Waals surface area contributed by atoms with Gasteiger partial charge in [0.1, 0.15) is 11.6 Å². The number of benzene rings is 1. The van der Waals surface area contributed by atoms with Crippen LogP contribution in [0, 0.1) is 0 Å². The molecule has 2 aliphatic heterocycles. The van der Waals surface area contributed by atoms with Crippen LogP contribution in [0.3, 0.4) is 0 Å². The predicted molar refractivity (Wildman–Crippen MR) is 105 cm³/mol. The van der Waals surface area contributed by atoms with Crippen LogP contribution in [-0.2, 0) is 9.53 Å². The van der Waals surface area contributed by atoms with Gasteiger partial charge < -0.3 is 9.64 Å². The fourth-order valence-electron chi connectivity index (χ4n) is 3.38. The highest BCUT2D eigenvalue weighted by molar-refractivity contribution is 6.14. The molecule has 0 radical (unpaired) electrons. The van der Waals surface area contributed by atoms with Crippen molar-refractivity contribution in [2.24, 2.45) is 0 Å². The van der Waals surface area contributed by atoms with E-state index in [0.29, 0.717) is 31.9 Å². The summed E-state index contributed by atoms with van der Waals surface area (Å²) in [6, 6.07) is 8.38. The van der Waals surface area contributed by atoms with Crippen molar-refractivity contribution < 1.29 is 19.1 Å². The van der Waals surface area contributed by atoms with Crippen molar-refractivity contribution in [3.05, 3.63) is 30.3 Å². The highest BCUT2D eigenvalue weighted by Crippen LogP contribution is 2.25. The first kappa shape index (κ1) is 20.1. The van der Waals surface area contributed by atoms with Gasteiger partial charge in [-0.25, -0.2) is 14.5 Å². The molecule has 0 aromatic heterocycles. The molecule has 0 bridgehead atoms. The summed E-state index contributed by atoms with van der Waals surface area (Å²) in [5.74, 6) is -0.205. The number of ether oxygens (including phenoxy) is 1. The monoisotopic (exact) mass is 388 g/mol. The number of hydrogen-bond donors (Lipinski definition) is 0. The SMILES string of the molecule is CC1C(=O)N(CN2CCN(C(=O)OC(C)(C)C)CC2)C(=O)N1c1ccccc1. The van der Waals surface area contributed by atoms with Crippen LogP contribution in [0.1, 0.15) is 27.7 Å².